The maximum Gasteiger partial charge on any atom is 0.387 e. The van der Waals surface area contributed by atoms with Gasteiger partial charge in [-0.1, -0.05) is 11.6 Å². The molecule has 0 atom stereocenters. The summed E-state index contributed by atoms with van der Waals surface area (Å²) >= 11 is 0. The molecule has 0 radical (unpaired) electrons. The predicted octanol–water partition coefficient (Wildman–Crippen LogP) is 3.52. The van der Waals surface area contributed by atoms with Crippen LogP contribution in [0.2, 0.25) is 0 Å². The number of carbonyl (C=O) groups excluding carboxylic acids is 1. The number of methoxy groups -OCH3 is 1. The second kappa shape index (κ2) is 9.51. The summed E-state index contributed by atoms with van der Waals surface area (Å²) < 4.78 is 39.9. The largest absolute Gasteiger partial charge is 0.497 e. The Labute approximate surface area is 155 Å². The highest BCUT2D eigenvalue weighted by Gasteiger charge is 2.12. The third kappa shape index (κ3) is 6.25. The molecule has 27 heavy (non-hydrogen) atoms. The van der Waals surface area contributed by atoms with Crippen LogP contribution in [-0.4, -0.2) is 31.9 Å². The van der Waals surface area contributed by atoms with Crippen LogP contribution < -0.4 is 19.6 Å². The maximum atomic E-state index is 12.5. The summed E-state index contributed by atoms with van der Waals surface area (Å²) in [6, 6.07) is 11.5. The second-order valence-electron chi connectivity index (χ2n) is 5.57. The fourth-order valence-corrected chi connectivity index (χ4v) is 2.18. The molecule has 6 nitrogen and oxygen atoms in total. The monoisotopic (exact) mass is 378 g/mol. The first-order valence-electron chi connectivity index (χ1n) is 8.05. The van der Waals surface area contributed by atoms with Crippen LogP contribution in [0, 0.1) is 6.92 Å². The van der Waals surface area contributed by atoms with Gasteiger partial charge in [0.2, 0.25) is 0 Å². The number of ether oxygens (including phenoxy) is 3. The number of hydrogen-bond donors (Lipinski definition) is 1. The summed E-state index contributed by atoms with van der Waals surface area (Å²) in [5.41, 5.74) is 3.87. The number of benzene rings is 2. The van der Waals surface area contributed by atoms with Crippen LogP contribution in [-0.2, 0) is 4.79 Å². The molecule has 2 aromatic rings. The smallest absolute Gasteiger partial charge is 0.387 e. The summed E-state index contributed by atoms with van der Waals surface area (Å²) in [6.07, 6.45) is 0. The molecule has 0 aliphatic heterocycles. The zero-order valence-corrected chi connectivity index (χ0v) is 15.2. The molecule has 8 heteroatoms. The van der Waals surface area contributed by atoms with Gasteiger partial charge >= 0.3 is 6.61 Å². The number of rotatable bonds is 8. The average molecular weight is 378 g/mol. The van der Waals surface area contributed by atoms with E-state index in [0.717, 1.165) is 5.56 Å². The average Bonchev–Trinajstić information content (AvgIpc) is 2.65. The molecule has 0 saturated carbocycles. The van der Waals surface area contributed by atoms with Crippen LogP contribution in [0.25, 0.3) is 0 Å². The standard InChI is InChI=1S/C19H20F2N2O4/c1-12-4-9-17(27-19(20)21)16(10-12)13(2)22-23-18(24)11-26-15-7-5-14(25-3)6-8-15/h4-10,19H,11H2,1-3H3,(H,23,24)/b22-13-. The van der Waals surface area contributed by atoms with Crippen molar-refractivity contribution in [1.29, 1.82) is 0 Å². The first-order chi connectivity index (χ1) is 12.9. The summed E-state index contributed by atoms with van der Waals surface area (Å²) in [4.78, 5) is 11.9. The van der Waals surface area contributed by atoms with Crippen LogP contribution in [0.4, 0.5) is 8.78 Å². The van der Waals surface area contributed by atoms with Crippen molar-refractivity contribution in [2.24, 2.45) is 5.10 Å². The van der Waals surface area contributed by atoms with E-state index in [1.54, 1.807) is 50.4 Å². The zero-order valence-electron chi connectivity index (χ0n) is 15.2. The minimum absolute atomic E-state index is 0.0134. The van der Waals surface area contributed by atoms with Gasteiger partial charge in [0.1, 0.15) is 17.2 Å². The highest BCUT2D eigenvalue weighted by molar-refractivity contribution is 6.01. The molecular formula is C19H20F2N2O4. The van der Waals surface area contributed by atoms with Gasteiger partial charge in [-0.25, -0.2) is 5.43 Å². The minimum atomic E-state index is -2.95. The Kier molecular flexibility index (Phi) is 7.10. The van der Waals surface area contributed by atoms with Gasteiger partial charge in [-0.05, 0) is 50.2 Å². The third-order valence-corrected chi connectivity index (χ3v) is 3.52. The molecule has 1 amide bonds. The minimum Gasteiger partial charge on any atom is -0.497 e. The molecule has 1 N–H and O–H groups in total. The Balaban J connectivity index is 1.97. The molecule has 0 unspecified atom stereocenters. The van der Waals surface area contributed by atoms with Crippen molar-refractivity contribution in [3.05, 3.63) is 53.6 Å². The topological polar surface area (TPSA) is 69.2 Å². The molecule has 0 saturated heterocycles. The Bertz CT molecular complexity index is 808. The van der Waals surface area contributed by atoms with Gasteiger partial charge < -0.3 is 14.2 Å². The number of aryl methyl sites for hydroxylation is 1. The highest BCUT2D eigenvalue weighted by Crippen LogP contribution is 2.23. The Hall–Kier alpha value is -3.16. The number of nitrogens with one attached hydrogen (secondary N) is 1. The number of halogens is 2. The van der Waals surface area contributed by atoms with Crippen molar-refractivity contribution < 1.29 is 27.8 Å². The highest BCUT2D eigenvalue weighted by atomic mass is 19.3. The van der Waals surface area contributed by atoms with Gasteiger partial charge in [0.25, 0.3) is 5.91 Å². The van der Waals surface area contributed by atoms with Gasteiger partial charge in [-0.15, -0.1) is 0 Å². The lowest BCUT2D eigenvalue weighted by molar-refractivity contribution is -0.123. The zero-order chi connectivity index (χ0) is 19.8. The fraction of sp³-hybridized carbons (Fsp3) is 0.263. The van der Waals surface area contributed by atoms with Crippen molar-refractivity contribution in [3.63, 3.8) is 0 Å². The van der Waals surface area contributed by atoms with E-state index < -0.39 is 12.5 Å². The number of carbonyl (C=O) groups is 1. The lowest BCUT2D eigenvalue weighted by Crippen LogP contribution is -2.25. The molecule has 0 aliphatic rings. The van der Waals surface area contributed by atoms with Crippen LogP contribution >= 0.6 is 0 Å². The lowest BCUT2D eigenvalue weighted by Gasteiger charge is -2.11. The number of alkyl halides is 2. The van der Waals surface area contributed by atoms with E-state index in [1.807, 2.05) is 6.92 Å². The first kappa shape index (κ1) is 20.2. The van der Waals surface area contributed by atoms with Crippen molar-refractivity contribution in [2.45, 2.75) is 20.5 Å². The van der Waals surface area contributed by atoms with Crippen molar-refractivity contribution in [3.8, 4) is 17.2 Å². The lowest BCUT2D eigenvalue weighted by atomic mass is 10.1. The van der Waals surface area contributed by atoms with E-state index in [-0.39, 0.29) is 12.4 Å². The molecule has 0 aromatic heterocycles. The van der Waals surface area contributed by atoms with E-state index in [2.05, 4.69) is 15.3 Å². The molecular weight excluding hydrogens is 358 g/mol. The van der Waals surface area contributed by atoms with Crippen LogP contribution in [0.15, 0.2) is 47.6 Å². The molecule has 0 spiro atoms. The van der Waals surface area contributed by atoms with E-state index in [9.17, 15) is 13.6 Å². The third-order valence-electron chi connectivity index (χ3n) is 3.52. The van der Waals surface area contributed by atoms with E-state index in [0.29, 0.717) is 22.8 Å². The van der Waals surface area contributed by atoms with Gasteiger partial charge in [-0.2, -0.15) is 13.9 Å². The Morgan fingerprint density at radius 3 is 2.44 bits per heavy atom. The SMILES string of the molecule is COc1ccc(OCC(=O)N/N=C(/C)c2cc(C)ccc2OC(F)F)cc1. The summed E-state index contributed by atoms with van der Waals surface area (Å²) in [6.45, 7) is 0.186. The fourth-order valence-electron chi connectivity index (χ4n) is 2.18. The molecule has 0 fully saturated rings. The molecule has 2 rings (SSSR count). The summed E-state index contributed by atoms with van der Waals surface area (Å²) in [7, 11) is 1.55. The number of hydrazone groups is 1. The predicted molar refractivity (Wildman–Crippen MR) is 96.7 cm³/mol. The van der Waals surface area contributed by atoms with Gasteiger partial charge in [0, 0.05) is 5.56 Å². The maximum absolute atomic E-state index is 12.5. The number of amides is 1. The summed E-state index contributed by atoms with van der Waals surface area (Å²) in [5, 5.41) is 3.94. The van der Waals surface area contributed by atoms with Crippen LogP contribution in [0.3, 0.4) is 0 Å². The Morgan fingerprint density at radius 1 is 1.15 bits per heavy atom. The molecule has 0 heterocycles. The molecule has 2 aromatic carbocycles. The number of hydrogen-bond acceptors (Lipinski definition) is 5. The normalized spacial score (nSPS) is 11.3. The van der Waals surface area contributed by atoms with Gasteiger partial charge in [-0.3, -0.25) is 4.79 Å². The quantitative estimate of drug-likeness (QED) is 0.564. The number of nitrogens with zero attached hydrogens (tertiary/aromatic N) is 1. The van der Waals surface area contributed by atoms with E-state index in [4.69, 9.17) is 9.47 Å². The molecule has 144 valence electrons. The second-order valence-corrected chi connectivity index (χ2v) is 5.57. The molecule has 0 bridgehead atoms. The van der Waals surface area contributed by atoms with Gasteiger partial charge in [0.15, 0.2) is 6.61 Å². The van der Waals surface area contributed by atoms with Gasteiger partial charge in [0.05, 0.1) is 12.8 Å². The van der Waals surface area contributed by atoms with E-state index >= 15 is 0 Å². The molecule has 0 aliphatic carbocycles. The van der Waals surface area contributed by atoms with Crippen molar-refractivity contribution >= 4 is 11.6 Å². The van der Waals surface area contributed by atoms with Crippen molar-refractivity contribution in [2.75, 3.05) is 13.7 Å². The van der Waals surface area contributed by atoms with Crippen LogP contribution in [0.5, 0.6) is 17.2 Å². The first-order valence-corrected chi connectivity index (χ1v) is 8.05. The van der Waals surface area contributed by atoms with E-state index in [1.165, 1.54) is 6.07 Å². The summed E-state index contributed by atoms with van der Waals surface area (Å²) in [5.74, 6) is 0.666. The van der Waals surface area contributed by atoms with Crippen LogP contribution in [0.1, 0.15) is 18.1 Å². The van der Waals surface area contributed by atoms with Crippen molar-refractivity contribution in [1.82, 2.24) is 5.43 Å². The Morgan fingerprint density at radius 2 is 1.81 bits per heavy atom.